The molecule has 0 spiro atoms. The Kier molecular flexibility index (Phi) is 27.9. The second-order valence-corrected chi connectivity index (χ2v) is 35.1. The number of benzene rings is 5. The highest BCUT2D eigenvalue weighted by Gasteiger charge is 2.53. The zero-order chi connectivity index (χ0) is 87.1. The lowest BCUT2D eigenvalue weighted by atomic mass is 9.51. The lowest BCUT2D eigenvalue weighted by Gasteiger charge is -2.54. The fourth-order valence-corrected chi connectivity index (χ4v) is 19.3. The van der Waals surface area contributed by atoms with Crippen LogP contribution in [0.3, 0.4) is 0 Å². The van der Waals surface area contributed by atoms with Gasteiger partial charge in [-0.25, -0.2) is 0 Å². The lowest BCUT2D eigenvalue weighted by Crippen LogP contribution is -2.64. The molecule has 2 saturated heterocycles. The molecule has 19 atom stereocenters. The normalized spacial score (nSPS) is 31.4. The number of amides is 6. The number of aliphatic hydroxyl groups excluding tert-OH is 6. The summed E-state index contributed by atoms with van der Waals surface area (Å²) < 4.78 is 44.9. The molecule has 4 saturated carbocycles. The van der Waals surface area contributed by atoms with E-state index in [9.17, 15) is 60.3 Å². The number of carbonyl (C=O) groups is 9. The summed E-state index contributed by atoms with van der Waals surface area (Å²) in [6.07, 6.45) is -16.8. The molecule has 121 heavy (non-hydrogen) atoms. The first kappa shape index (κ1) is 89.8. The number of hydrogen-bond donors (Lipinski definition) is 16. The number of hydrogen-bond acceptors (Lipinski definition) is 27. The van der Waals surface area contributed by atoms with Crippen molar-refractivity contribution < 1.29 is 122 Å². The number of nitrogens with two attached hydrogens (primary N) is 1. The van der Waals surface area contributed by atoms with Gasteiger partial charge in [-0.3, -0.25) is 48.5 Å². The summed E-state index contributed by atoms with van der Waals surface area (Å²) in [7, 11) is 0. The monoisotopic (exact) mass is 1720 g/mol. The highest BCUT2D eigenvalue weighted by molar-refractivity contribution is 6.32. The number of halogens is 2. The molecule has 11 aliphatic rings. The van der Waals surface area contributed by atoms with Crippen molar-refractivity contribution in [1.82, 2.24) is 31.9 Å². The first-order valence-corrected chi connectivity index (χ1v) is 42.2. The van der Waals surface area contributed by atoms with Crippen molar-refractivity contribution >= 4 is 76.0 Å². The van der Waals surface area contributed by atoms with Gasteiger partial charge < -0.3 is 111 Å². The van der Waals surface area contributed by atoms with Crippen molar-refractivity contribution in [1.29, 1.82) is 0 Å². The third-order valence-electron chi connectivity index (χ3n) is 25.1. The van der Waals surface area contributed by atoms with Gasteiger partial charge in [0.2, 0.25) is 41.6 Å². The summed E-state index contributed by atoms with van der Waals surface area (Å²) >= 11 is 14.5. The van der Waals surface area contributed by atoms with Crippen LogP contribution in [-0.2, 0) is 62.1 Å². The van der Waals surface area contributed by atoms with Crippen molar-refractivity contribution in [3.05, 3.63) is 117 Å². The van der Waals surface area contributed by atoms with Gasteiger partial charge in [0.25, 0.3) is 5.91 Å². The predicted octanol–water partition coefficient (Wildman–Crippen LogP) is 6.64. The molecule has 15 bridgehead atoms. The van der Waals surface area contributed by atoms with Crippen molar-refractivity contribution in [3.63, 3.8) is 0 Å². The molecular formula is C87H107Cl2N7O25. The molecule has 0 radical (unpaired) electrons. The van der Waals surface area contributed by atoms with Gasteiger partial charge in [-0.05, 0) is 190 Å². The molecule has 16 rings (SSSR count). The average Bonchev–Trinajstić information content (AvgIpc) is 0.758. The summed E-state index contributed by atoms with van der Waals surface area (Å²) in [6, 6.07) is 7.13. The first-order chi connectivity index (χ1) is 57.5. The molecule has 0 aromatic heterocycles. The van der Waals surface area contributed by atoms with Gasteiger partial charge in [0, 0.05) is 67.3 Å². The minimum Gasteiger partial charge on any atom is -0.508 e. The Balaban J connectivity index is 1.02. The van der Waals surface area contributed by atoms with Crippen LogP contribution in [0.2, 0.25) is 10.0 Å². The molecule has 1 unspecified atom stereocenters. The maximum Gasteiger partial charge on any atom is 0.255 e. The maximum atomic E-state index is 16.7. The number of fused-ring (bicyclic) bond motifs is 15. The van der Waals surface area contributed by atoms with E-state index in [1.54, 1.807) is 6.92 Å². The largest absolute Gasteiger partial charge is 0.508 e. The van der Waals surface area contributed by atoms with Gasteiger partial charge in [-0.2, -0.15) is 0 Å². The van der Waals surface area contributed by atoms with Crippen LogP contribution in [0.4, 0.5) is 0 Å². The zero-order valence-corrected chi connectivity index (χ0v) is 69.6. The topological polar surface area (TPSA) is 499 Å². The van der Waals surface area contributed by atoms with E-state index >= 15 is 28.8 Å². The number of nitrogens with one attached hydrogen (secondary N) is 6. The van der Waals surface area contributed by atoms with Gasteiger partial charge in [-0.1, -0.05) is 69.1 Å². The number of phenols is 3. The van der Waals surface area contributed by atoms with Crippen LogP contribution >= 0.6 is 23.2 Å². The number of carbonyl (C=O) groups excluding carboxylic acids is 9. The second-order valence-electron chi connectivity index (χ2n) is 34.3. The molecule has 7 aliphatic heterocycles. The van der Waals surface area contributed by atoms with Crippen LogP contribution in [0.25, 0.3) is 11.1 Å². The van der Waals surface area contributed by atoms with Crippen LogP contribution in [0.5, 0.6) is 46.0 Å². The molecule has 34 heteroatoms. The third-order valence-corrected chi connectivity index (χ3v) is 25.7. The summed E-state index contributed by atoms with van der Waals surface area (Å²) in [5.41, 5.74) is 3.56. The number of imide groups is 1. The van der Waals surface area contributed by atoms with Gasteiger partial charge in [0.15, 0.2) is 41.2 Å². The molecule has 6 fully saturated rings. The number of aromatic hydroxyl groups is 3. The number of ketones is 3. The van der Waals surface area contributed by atoms with E-state index in [0.29, 0.717) is 31.3 Å². The van der Waals surface area contributed by atoms with Crippen LogP contribution in [0.1, 0.15) is 184 Å². The van der Waals surface area contributed by atoms with Crippen LogP contribution in [0.15, 0.2) is 78.9 Å². The third kappa shape index (κ3) is 19.7. The average molecular weight is 1720 g/mol. The maximum absolute atomic E-state index is 16.7. The first-order valence-electron chi connectivity index (χ1n) is 41.4. The molecule has 17 N–H and O–H groups in total. The second kappa shape index (κ2) is 37.6. The van der Waals surface area contributed by atoms with Gasteiger partial charge in [-0.15, -0.1) is 0 Å². The highest BCUT2D eigenvalue weighted by atomic mass is 35.5. The van der Waals surface area contributed by atoms with Crippen molar-refractivity contribution in [2.75, 3.05) is 26.3 Å². The Hall–Kier alpha value is -8.97. The number of phenolic OH excluding ortho intramolecular Hbond substituents is 3. The Labute approximate surface area is 708 Å². The van der Waals surface area contributed by atoms with E-state index in [1.807, 2.05) is 20.8 Å². The molecule has 654 valence electrons. The molecule has 4 aliphatic carbocycles. The molecule has 5 aromatic carbocycles. The zero-order valence-electron chi connectivity index (χ0n) is 68.1. The van der Waals surface area contributed by atoms with E-state index in [2.05, 4.69) is 31.9 Å². The Morgan fingerprint density at radius 1 is 0.694 bits per heavy atom. The van der Waals surface area contributed by atoms with Crippen LogP contribution in [0, 0.1) is 47.3 Å². The predicted molar refractivity (Wildman–Crippen MR) is 433 cm³/mol. The number of Topliss-reactive ketones (excluding diaryl/α,β-unsaturated/α-hetero) is 3. The number of rotatable bonds is 21. The van der Waals surface area contributed by atoms with E-state index < -0.39 is 228 Å². The van der Waals surface area contributed by atoms with Crippen molar-refractivity contribution in [3.8, 4) is 57.1 Å². The standard InChI is InChI=1S/C87H107Cl2N7O25/c1-8-42(18-37(3)4)82(111)95-72-59(101)27-49(30-67(104)92-81(110)39(6)115-17-16-91-9-2)83(112)93-70-48-28-64(117-62-14-11-44(74(72)105)25-55(62)88)78(121-86-79(77(108)76(107)66(36-97)119-86)120-68-35-87(7,90)80(109)38(5)116-68)65(29-48)118-63-15-12-45(26-56(63)89)75(106)73-85(114)94-71(61(103)33-51-46-20-40-19-41(22-46)23-47(51)21-40)54-31-50(98)32-58(100)69(54)53-24-43(10-13-57(53)99)52(34-60(70)102)84(113)96-73/h10-15,24-26,28-29,31-32,37-42,46-47,49,51-52,66,68,70-77,79-80,86,91,97-100,105-109H,8-9,16-23,27,30,33-36,90H2,1-7H3,(H,93,112)(H,94,114)(H,95,111)(H,96,113)(H,92,104,110)/t38-,39?,40?,41?,42+,46?,47?,49-,51?,52+,66+,68-,70+,71-,72-,73-,74+,75+,76+,77-,79+,80+,86-,87-/m0/s1. The van der Waals surface area contributed by atoms with Gasteiger partial charge in [0.05, 0.1) is 47.3 Å². The lowest BCUT2D eigenvalue weighted by molar-refractivity contribution is -0.333. The Morgan fingerprint density at radius 3 is 1.95 bits per heavy atom. The van der Waals surface area contributed by atoms with Gasteiger partial charge >= 0.3 is 0 Å². The minimum atomic E-state index is -2.24. The van der Waals surface area contributed by atoms with Crippen molar-refractivity contribution in [2.45, 2.75) is 229 Å². The smallest absolute Gasteiger partial charge is 0.255 e. The summed E-state index contributed by atoms with van der Waals surface area (Å²) in [5, 5.41) is 122. The molecule has 5 aromatic rings. The van der Waals surface area contributed by atoms with Crippen LogP contribution < -0.4 is 51.8 Å². The Morgan fingerprint density at radius 2 is 1.34 bits per heavy atom. The summed E-state index contributed by atoms with van der Waals surface area (Å²) in [4.78, 5) is 139. The summed E-state index contributed by atoms with van der Waals surface area (Å²) in [6.45, 7) is 11.7. The van der Waals surface area contributed by atoms with Crippen LogP contribution in [-0.4, -0.2) is 198 Å². The fourth-order valence-electron chi connectivity index (χ4n) is 18.8. The van der Waals surface area contributed by atoms with E-state index in [1.165, 1.54) is 69.3 Å². The molecular weight excluding hydrogens is 1610 g/mol. The highest BCUT2D eigenvalue weighted by Crippen LogP contribution is 2.58. The van der Waals surface area contributed by atoms with E-state index in [0.717, 1.165) is 62.4 Å². The Bertz CT molecular complexity index is 4730. The SMILES string of the molecule is CCNCCOC(C)C(=O)NC(=O)C[C@@H]1CC(=O)[C@H](NC(=O)[C@H](CC)CC(C)C)[C@H](O)c2ccc(c(Cl)c2)Oc2cc3cc(c2O[C@@H]2O[C@H](CO)[C@@H](O)[C@H](O)[C@H]2O[C@H]2C[C@](C)(N)[C@H](O)[C@H](C)O2)Oc2ccc(cc2Cl)[C@@H](O)[C@@H]2NC(=O)[C@H](CC(=O)[C@@H]3NC1=O)c1ccc(O)c(c1)-c1c(O)cc(O)cc1[C@@H](C(=O)CC1C3CC4CC(C3)CC1C4)NC2=O. The fraction of sp³-hybridized carbons (Fsp3) is 0.552. The molecule has 32 nitrogen and oxygen atoms in total. The molecule has 6 amide bonds. The minimum absolute atomic E-state index is 0.0232. The van der Waals surface area contributed by atoms with E-state index in [-0.39, 0.29) is 110 Å². The van der Waals surface area contributed by atoms with Gasteiger partial charge in [0.1, 0.15) is 89.5 Å². The molecule has 7 heterocycles. The van der Waals surface area contributed by atoms with E-state index in [4.69, 9.17) is 62.1 Å². The van der Waals surface area contributed by atoms with Crippen molar-refractivity contribution in [2.24, 2.45) is 53.1 Å². The quantitative estimate of drug-likeness (QED) is 0.0342. The number of ether oxygens (including phenoxy) is 7. The number of likely N-dealkylation sites (N-methyl/N-ethyl adjacent to an activating group) is 1. The number of aliphatic hydroxyl groups is 6. The summed E-state index contributed by atoms with van der Waals surface area (Å²) in [5.74, 6) is -17.1.